The fourth-order valence-corrected chi connectivity index (χ4v) is 2.83. The van der Waals surface area contributed by atoms with Crippen molar-refractivity contribution in [2.45, 2.75) is 45.4 Å². The second-order valence-electron chi connectivity index (χ2n) is 6.88. The van der Waals surface area contributed by atoms with Crippen LogP contribution in [0.2, 0.25) is 0 Å². The zero-order chi connectivity index (χ0) is 22.1. The van der Waals surface area contributed by atoms with Gasteiger partial charge in [-0.2, -0.15) is 0 Å². The monoisotopic (exact) mass is 413 g/mol. The number of aromatic nitrogens is 1. The molecule has 2 atom stereocenters. The first-order valence-electron chi connectivity index (χ1n) is 9.56. The summed E-state index contributed by atoms with van der Waals surface area (Å²) in [4.78, 5) is 40.2. The fourth-order valence-electron chi connectivity index (χ4n) is 2.83. The number of carbonyl (C=O) groups is 3. The Balaban J connectivity index is 1.90. The van der Waals surface area contributed by atoms with Gasteiger partial charge in [0.05, 0.1) is 0 Å². The highest BCUT2D eigenvalue weighted by atomic mass is 16.6. The molecule has 0 aliphatic heterocycles. The molecule has 0 unspecified atom stereocenters. The zero-order valence-electron chi connectivity index (χ0n) is 17.1. The Kier molecular flexibility index (Phi) is 8.16. The highest BCUT2D eigenvalue weighted by molar-refractivity contribution is 5.89. The molecule has 160 valence electrons. The van der Waals surface area contributed by atoms with Crippen LogP contribution in [0.4, 0.5) is 10.6 Å². The van der Waals surface area contributed by atoms with Crippen molar-refractivity contribution in [3.05, 3.63) is 59.3 Å². The number of nitrogens with two attached hydrogens (primary N) is 2. The molecule has 3 amide bonds. The van der Waals surface area contributed by atoms with Gasteiger partial charge in [-0.3, -0.25) is 9.59 Å². The van der Waals surface area contributed by atoms with Crippen molar-refractivity contribution in [2.75, 3.05) is 5.73 Å². The lowest BCUT2D eigenvalue weighted by Gasteiger charge is -2.20. The number of nitrogen functional groups attached to an aromatic ring is 1. The molecule has 2 aromatic rings. The van der Waals surface area contributed by atoms with E-state index in [1.54, 1.807) is 26.0 Å². The second kappa shape index (κ2) is 10.8. The highest BCUT2D eigenvalue weighted by Crippen LogP contribution is 2.09. The lowest BCUT2D eigenvalue weighted by atomic mass is 10.1. The number of rotatable bonds is 9. The van der Waals surface area contributed by atoms with Crippen LogP contribution < -0.4 is 22.1 Å². The molecule has 0 saturated heterocycles. The number of amides is 3. The first-order valence-corrected chi connectivity index (χ1v) is 9.56. The van der Waals surface area contributed by atoms with E-state index in [0.29, 0.717) is 17.9 Å². The molecule has 0 saturated carbocycles. The van der Waals surface area contributed by atoms with Crippen LogP contribution in [0.5, 0.6) is 0 Å². The molecule has 6 N–H and O–H groups in total. The maximum absolute atomic E-state index is 12.5. The first-order chi connectivity index (χ1) is 14.3. The Morgan fingerprint density at radius 1 is 1.10 bits per heavy atom. The third-order valence-electron chi connectivity index (χ3n) is 4.51. The third kappa shape index (κ3) is 7.08. The Morgan fingerprint density at radius 2 is 1.80 bits per heavy atom. The molecular weight excluding hydrogens is 386 g/mol. The molecule has 9 nitrogen and oxygen atoms in total. The SMILES string of the molecule is Cc1nc(N)ccc1CNC(=O)[C@H](C)NC(=O)[C@@H](CCc1ccccc1)OC(N)=O. The Morgan fingerprint density at radius 3 is 2.43 bits per heavy atom. The van der Waals surface area contributed by atoms with E-state index in [1.807, 2.05) is 30.3 Å². The number of pyridine rings is 1. The number of hydrogen-bond donors (Lipinski definition) is 4. The highest BCUT2D eigenvalue weighted by Gasteiger charge is 2.25. The number of carbonyl (C=O) groups excluding carboxylic acids is 3. The van der Waals surface area contributed by atoms with Crippen molar-refractivity contribution in [1.82, 2.24) is 15.6 Å². The molecule has 1 aromatic heterocycles. The number of primary amides is 1. The molecule has 2 rings (SSSR count). The van der Waals surface area contributed by atoms with Gasteiger partial charge in [-0.05, 0) is 43.9 Å². The van der Waals surface area contributed by atoms with Crippen LogP contribution in [-0.4, -0.2) is 35.0 Å². The zero-order valence-corrected chi connectivity index (χ0v) is 17.1. The van der Waals surface area contributed by atoms with Crippen LogP contribution in [-0.2, 0) is 27.3 Å². The van der Waals surface area contributed by atoms with Gasteiger partial charge in [-0.15, -0.1) is 0 Å². The van der Waals surface area contributed by atoms with Crippen LogP contribution >= 0.6 is 0 Å². The Labute approximate surface area is 175 Å². The van der Waals surface area contributed by atoms with E-state index < -0.39 is 24.1 Å². The molecule has 0 bridgehead atoms. The normalized spacial score (nSPS) is 12.5. The topological polar surface area (TPSA) is 149 Å². The van der Waals surface area contributed by atoms with Gasteiger partial charge in [0.15, 0.2) is 6.10 Å². The van der Waals surface area contributed by atoms with Crippen LogP contribution in [0.25, 0.3) is 0 Å². The predicted molar refractivity (Wildman–Crippen MR) is 112 cm³/mol. The minimum atomic E-state index is -1.10. The lowest BCUT2D eigenvalue weighted by Crippen LogP contribution is -2.49. The summed E-state index contributed by atoms with van der Waals surface area (Å²) in [6.07, 6.45) is -1.40. The molecule has 0 radical (unpaired) electrons. The molecule has 9 heteroatoms. The molecule has 1 heterocycles. The van der Waals surface area contributed by atoms with Crippen LogP contribution in [0.15, 0.2) is 42.5 Å². The van der Waals surface area contributed by atoms with Crippen molar-refractivity contribution >= 4 is 23.7 Å². The minimum absolute atomic E-state index is 0.240. The van der Waals surface area contributed by atoms with Crippen molar-refractivity contribution in [1.29, 1.82) is 0 Å². The van der Waals surface area contributed by atoms with Gasteiger partial charge in [-0.1, -0.05) is 36.4 Å². The summed E-state index contributed by atoms with van der Waals surface area (Å²) in [5.41, 5.74) is 13.2. The van der Waals surface area contributed by atoms with Crippen molar-refractivity contribution in [3.63, 3.8) is 0 Å². The average Bonchev–Trinajstić information content (AvgIpc) is 2.70. The smallest absolute Gasteiger partial charge is 0.405 e. The van der Waals surface area contributed by atoms with E-state index in [0.717, 1.165) is 11.1 Å². The number of hydrogen-bond acceptors (Lipinski definition) is 6. The lowest BCUT2D eigenvalue weighted by molar-refractivity contribution is -0.134. The summed E-state index contributed by atoms with van der Waals surface area (Å²) in [6.45, 7) is 3.58. The summed E-state index contributed by atoms with van der Waals surface area (Å²) in [7, 11) is 0. The van der Waals surface area contributed by atoms with Gasteiger partial charge in [-0.25, -0.2) is 9.78 Å². The van der Waals surface area contributed by atoms with E-state index in [4.69, 9.17) is 16.2 Å². The van der Waals surface area contributed by atoms with E-state index in [1.165, 1.54) is 0 Å². The van der Waals surface area contributed by atoms with Crippen molar-refractivity contribution in [3.8, 4) is 0 Å². The summed E-state index contributed by atoms with van der Waals surface area (Å²) in [5.74, 6) is -0.572. The van der Waals surface area contributed by atoms with Gasteiger partial charge >= 0.3 is 6.09 Å². The Hall–Kier alpha value is -3.62. The number of benzene rings is 1. The third-order valence-corrected chi connectivity index (χ3v) is 4.51. The van der Waals surface area contributed by atoms with Crippen LogP contribution in [0, 0.1) is 6.92 Å². The quantitative estimate of drug-likeness (QED) is 0.485. The molecule has 0 spiro atoms. The van der Waals surface area contributed by atoms with Crippen LogP contribution in [0.1, 0.15) is 30.2 Å². The van der Waals surface area contributed by atoms with E-state index in [9.17, 15) is 14.4 Å². The largest absolute Gasteiger partial charge is 0.436 e. The van der Waals surface area contributed by atoms with E-state index >= 15 is 0 Å². The van der Waals surface area contributed by atoms with Gasteiger partial charge in [0, 0.05) is 12.2 Å². The maximum atomic E-state index is 12.5. The molecule has 1 aromatic carbocycles. The number of anilines is 1. The van der Waals surface area contributed by atoms with Crippen LogP contribution in [0.3, 0.4) is 0 Å². The van der Waals surface area contributed by atoms with E-state index in [-0.39, 0.29) is 18.9 Å². The summed E-state index contributed by atoms with van der Waals surface area (Å²) in [6, 6.07) is 12.0. The first kappa shape index (κ1) is 22.7. The standard InChI is InChI=1S/C21H27N5O4/c1-13-16(9-11-18(22)25-13)12-24-19(27)14(2)26-20(28)17(30-21(23)29)10-8-15-6-4-3-5-7-15/h3-7,9,11,14,17H,8,10,12H2,1-2H3,(H2,22,25)(H2,23,29)(H,24,27)(H,26,28)/t14-,17+/m0/s1. The van der Waals surface area contributed by atoms with Gasteiger partial charge < -0.3 is 26.8 Å². The minimum Gasteiger partial charge on any atom is -0.436 e. The predicted octanol–water partition coefficient (Wildman–Crippen LogP) is 1.19. The van der Waals surface area contributed by atoms with Gasteiger partial charge in [0.2, 0.25) is 5.91 Å². The van der Waals surface area contributed by atoms with Gasteiger partial charge in [0.25, 0.3) is 5.91 Å². The fraction of sp³-hybridized carbons (Fsp3) is 0.333. The number of aryl methyl sites for hydroxylation is 2. The molecule has 0 fully saturated rings. The van der Waals surface area contributed by atoms with Crippen molar-refractivity contribution < 1.29 is 19.1 Å². The molecule has 0 aliphatic rings. The van der Waals surface area contributed by atoms with Crippen molar-refractivity contribution in [2.24, 2.45) is 5.73 Å². The summed E-state index contributed by atoms with van der Waals surface area (Å²) in [5, 5.41) is 5.30. The molecule has 0 aliphatic carbocycles. The molecule has 30 heavy (non-hydrogen) atoms. The number of nitrogens with zero attached hydrogens (tertiary/aromatic N) is 1. The number of nitrogens with one attached hydrogen (secondary N) is 2. The maximum Gasteiger partial charge on any atom is 0.405 e. The summed E-state index contributed by atoms with van der Waals surface area (Å²) < 4.78 is 4.95. The number of ether oxygens (including phenoxy) is 1. The summed E-state index contributed by atoms with van der Waals surface area (Å²) >= 11 is 0. The van der Waals surface area contributed by atoms with Gasteiger partial charge in [0.1, 0.15) is 11.9 Å². The molecular formula is C21H27N5O4. The van der Waals surface area contributed by atoms with E-state index in [2.05, 4.69) is 15.6 Å². The Bertz CT molecular complexity index is 888. The average molecular weight is 413 g/mol. The second-order valence-corrected chi connectivity index (χ2v) is 6.88.